The highest BCUT2D eigenvalue weighted by atomic mass is 16.2. The molecule has 0 spiro atoms. The highest BCUT2D eigenvalue weighted by Gasteiger charge is 2.13. The first-order valence-electron chi connectivity index (χ1n) is 6.74. The van der Waals surface area contributed by atoms with Crippen LogP contribution in [0, 0.1) is 5.92 Å². The van der Waals surface area contributed by atoms with Gasteiger partial charge in [-0.3, -0.25) is 4.79 Å². The Morgan fingerprint density at radius 3 is 2.47 bits per heavy atom. The van der Waals surface area contributed by atoms with Crippen molar-refractivity contribution < 1.29 is 4.79 Å². The minimum Gasteiger partial charge on any atom is -0.397 e. The molecule has 4 nitrogen and oxygen atoms in total. The summed E-state index contributed by atoms with van der Waals surface area (Å²) in [5, 5.41) is 3.41. The Balaban J connectivity index is 2.86. The Morgan fingerprint density at radius 2 is 2.00 bits per heavy atom. The minimum absolute atomic E-state index is 0.0341. The van der Waals surface area contributed by atoms with Crippen LogP contribution < -0.4 is 11.1 Å². The van der Waals surface area contributed by atoms with E-state index in [4.69, 9.17) is 5.73 Å². The molecule has 0 saturated heterocycles. The van der Waals surface area contributed by atoms with Crippen molar-refractivity contribution in [3.05, 3.63) is 23.8 Å². The zero-order chi connectivity index (χ0) is 14.6. The molecule has 1 amide bonds. The molecule has 0 aromatic heterocycles. The lowest BCUT2D eigenvalue weighted by Gasteiger charge is -2.22. The molecule has 1 aromatic rings. The average Bonchev–Trinajstić information content (AvgIpc) is 2.38. The van der Waals surface area contributed by atoms with Crippen molar-refractivity contribution in [3.8, 4) is 0 Å². The first kappa shape index (κ1) is 15.3. The van der Waals surface area contributed by atoms with E-state index < -0.39 is 0 Å². The molecule has 0 bridgehead atoms. The lowest BCUT2D eigenvalue weighted by atomic mass is 10.0. The van der Waals surface area contributed by atoms with Gasteiger partial charge in [-0.15, -0.1) is 0 Å². The van der Waals surface area contributed by atoms with Crippen molar-refractivity contribution >= 4 is 17.3 Å². The van der Waals surface area contributed by atoms with Crippen LogP contribution in [-0.2, 0) is 0 Å². The molecule has 0 radical (unpaired) electrons. The first-order valence-corrected chi connectivity index (χ1v) is 6.74. The molecule has 1 rings (SSSR count). The molecule has 0 aliphatic rings. The van der Waals surface area contributed by atoms with Crippen LogP contribution in [0.5, 0.6) is 0 Å². The molecular formula is C15H25N3O. The van der Waals surface area contributed by atoms with Crippen molar-refractivity contribution in [1.82, 2.24) is 4.90 Å². The van der Waals surface area contributed by atoms with Crippen LogP contribution in [0.25, 0.3) is 0 Å². The zero-order valence-electron chi connectivity index (χ0n) is 12.5. The van der Waals surface area contributed by atoms with Crippen LogP contribution in [0.2, 0.25) is 0 Å². The number of benzene rings is 1. The fraction of sp³-hybridized carbons (Fsp3) is 0.533. The van der Waals surface area contributed by atoms with Crippen LogP contribution in [0.3, 0.4) is 0 Å². The number of carbonyl (C=O) groups excluding carboxylic acids is 1. The minimum atomic E-state index is -0.0341. The lowest BCUT2D eigenvalue weighted by molar-refractivity contribution is 0.0827. The summed E-state index contributed by atoms with van der Waals surface area (Å²) in [6, 6.07) is 5.77. The maximum absolute atomic E-state index is 11.8. The van der Waals surface area contributed by atoms with Gasteiger partial charge in [0.2, 0.25) is 0 Å². The number of nitrogen functional groups attached to an aromatic ring is 1. The molecule has 4 heteroatoms. The van der Waals surface area contributed by atoms with Crippen LogP contribution in [0.15, 0.2) is 18.2 Å². The Bertz CT molecular complexity index is 443. The van der Waals surface area contributed by atoms with Gasteiger partial charge >= 0.3 is 0 Å². The van der Waals surface area contributed by atoms with E-state index in [0.717, 1.165) is 12.1 Å². The van der Waals surface area contributed by atoms with Gasteiger partial charge in [0.25, 0.3) is 5.91 Å². The van der Waals surface area contributed by atoms with Crippen LogP contribution in [-0.4, -0.2) is 30.9 Å². The van der Waals surface area contributed by atoms with Gasteiger partial charge in [-0.1, -0.05) is 20.3 Å². The standard InChI is InChI=1S/C15H25N3O/c1-6-10(2)11(3)17-14-8-7-12(9-13(14)16)15(19)18(4)5/h7-11,17H,6,16H2,1-5H3. The summed E-state index contributed by atoms with van der Waals surface area (Å²) in [5.41, 5.74) is 8.14. The monoisotopic (exact) mass is 263 g/mol. The van der Waals surface area contributed by atoms with E-state index in [1.54, 1.807) is 25.1 Å². The normalized spacial score (nSPS) is 13.7. The molecular weight excluding hydrogens is 238 g/mol. The predicted octanol–water partition coefficient (Wildman–Crippen LogP) is 2.82. The van der Waals surface area contributed by atoms with Crippen molar-refractivity contribution in [2.45, 2.75) is 33.2 Å². The van der Waals surface area contributed by atoms with Gasteiger partial charge in [0.15, 0.2) is 0 Å². The van der Waals surface area contributed by atoms with Gasteiger partial charge in [-0.2, -0.15) is 0 Å². The van der Waals surface area contributed by atoms with Crippen molar-refractivity contribution in [2.75, 3.05) is 25.1 Å². The highest BCUT2D eigenvalue weighted by molar-refractivity contribution is 5.95. The second-order valence-corrected chi connectivity index (χ2v) is 5.32. The largest absolute Gasteiger partial charge is 0.397 e. The average molecular weight is 263 g/mol. The summed E-state index contributed by atoms with van der Waals surface area (Å²) >= 11 is 0. The smallest absolute Gasteiger partial charge is 0.253 e. The first-order chi connectivity index (χ1) is 8.86. The van der Waals surface area contributed by atoms with E-state index in [0.29, 0.717) is 23.2 Å². The number of hydrogen-bond donors (Lipinski definition) is 2. The number of hydrogen-bond acceptors (Lipinski definition) is 3. The van der Waals surface area contributed by atoms with E-state index >= 15 is 0 Å². The number of rotatable bonds is 5. The predicted molar refractivity (Wildman–Crippen MR) is 81.4 cm³/mol. The second kappa shape index (κ2) is 6.45. The summed E-state index contributed by atoms with van der Waals surface area (Å²) in [6.07, 6.45) is 1.12. The van der Waals surface area contributed by atoms with E-state index in [1.807, 2.05) is 12.1 Å². The molecule has 106 valence electrons. The van der Waals surface area contributed by atoms with Crippen molar-refractivity contribution in [2.24, 2.45) is 5.92 Å². The quantitative estimate of drug-likeness (QED) is 0.803. The third kappa shape index (κ3) is 3.88. The van der Waals surface area contributed by atoms with Gasteiger partial charge in [0.1, 0.15) is 0 Å². The van der Waals surface area contributed by atoms with Crippen LogP contribution >= 0.6 is 0 Å². The Labute approximate surface area is 116 Å². The molecule has 2 unspecified atom stereocenters. The highest BCUT2D eigenvalue weighted by Crippen LogP contribution is 2.23. The summed E-state index contributed by atoms with van der Waals surface area (Å²) in [7, 11) is 3.46. The molecule has 0 aliphatic heterocycles. The van der Waals surface area contributed by atoms with E-state index in [1.165, 1.54) is 0 Å². The molecule has 0 heterocycles. The lowest BCUT2D eigenvalue weighted by Crippen LogP contribution is -2.24. The number of nitrogens with zero attached hydrogens (tertiary/aromatic N) is 1. The SMILES string of the molecule is CCC(C)C(C)Nc1ccc(C(=O)N(C)C)cc1N. The fourth-order valence-electron chi connectivity index (χ4n) is 1.83. The van der Waals surface area contributed by atoms with Gasteiger partial charge < -0.3 is 16.0 Å². The number of nitrogens with one attached hydrogen (secondary N) is 1. The van der Waals surface area contributed by atoms with Crippen LogP contribution in [0.4, 0.5) is 11.4 Å². The third-order valence-corrected chi connectivity index (χ3v) is 3.59. The molecule has 0 saturated carbocycles. The topological polar surface area (TPSA) is 58.4 Å². The molecule has 2 atom stereocenters. The summed E-state index contributed by atoms with van der Waals surface area (Å²) < 4.78 is 0. The van der Waals surface area contributed by atoms with Gasteiger partial charge in [-0.05, 0) is 31.0 Å². The molecule has 19 heavy (non-hydrogen) atoms. The second-order valence-electron chi connectivity index (χ2n) is 5.32. The Morgan fingerprint density at radius 1 is 1.37 bits per heavy atom. The van der Waals surface area contributed by atoms with Crippen LogP contribution in [0.1, 0.15) is 37.6 Å². The molecule has 1 aromatic carbocycles. The summed E-state index contributed by atoms with van der Waals surface area (Å²) in [5.74, 6) is 0.538. The summed E-state index contributed by atoms with van der Waals surface area (Å²) in [4.78, 5) is 13.4. The van der Waals surface area contributed by atoms with E-state index in [-0.39, 0.29) is 5.91 Å². The number of nitrogens with two attached hydrogens (primary N) is 1. The molecule has 0 fully saturated rings. The Hall–Kier alpha value is -1.71. The Kier molecular flexibility index (Phi) is 5.21. The molecule has 0 aliphatic carbocycles. The summed E-state index contributed by atoms with van der Waals surface area (Å²) in [6.45, 7) is 6.52. The third-order valence-electron chi connectivity index (χ3n) is 3.59. The van der Waals surface area contributed by atoms with E-state index in [9.17, 15) is 4.79 Å². The number of anilines is 2. The molecule has 3 N–H and O–H groups in total. The van der Waals surface area contributed by atoms with Gasteiger partial charge in [-0.25, -0.2) is 0 Å². The number of carbonyl (C=O) groups is 1. The van der Waals surface area contributed by atoms with Gasteiger partial charge in [0.05, 0.1) is 11.4 Å². The maximum Gasteiger partial charge on any atom is 0.253 e. The van der Waals surface area contributed by atoms with E-state index in [2.05, 4.69) is 26.1 Å². The maximum atomic E-state index is 11.8. The van der Waals surface area contributed by atoms with Crippen molar-refractivity contribution in [3.63, 3.8) is 0 Å². The number of amides is 1. The van der Waals surface area contributed by atoms with Gasteiger partial charge in [0, 0.05) is 25.7 Å². The fourth-order valence-corrected chi connectivity index (χ4v) is 1.83. The van der Waals surface area contributed by atoms with Crippen molar-refractivity contribution in [1.29, 1.82) is 0 Å². The zero-order valence-corrected chi connectivity index (χ0v) is 12.5.